The van der Waals surface area contributed by atoms with Gasteiger partial charge in [0.25, 0.3) is 0 Å². The standard InChI is InChI=1S/C17H20BrNO2/c18-14-5-3-13(4-6-14)17(20)9-10-19(15-7-8-15)12-16-2-1-11-21-16/h1-6,11,15,17,20H,7-10,12H2. The Morgan fingerprint density at radius 1 is 1.24 bits per heavy atom. The molecule has 2 aromatic rings. The largest absolute Gasteiger partial charge is 0.468 e. The number of halogens is 1. The molecular weight excluding hydrogens is 330 g/mol. The third-order valence-corrected chi connectivity index (χ3v) is 4.48. The minimum absolute atomic E-state index is 0.407. The van der Waals surface area contributed by atoms with E-state index in [4.69, 9.17) is 4.42 Å². The highest BCUT2D eigenvalue weighted by molar-refractivity contribution is 9.10. The Balaban J connectivity index is 1.55. The van der Waals surface area contributed by atoms with Gasteiger partial charge in [0.05, 0.1) is 18.9 Å². The van der Waals surface area contributed by atoms with Crippen molar-refractivity contribution in [2.75, 3.05) is 6.54 Å². The Labute approximate surface area is 133 Å². The molecule has 1 aromatic heterocycles. The normalized spacial score (nSPS) is 16.3. The minimum Gasteiger partial charge on any atom is -0.468 e. The molecule has 1 saturated carbocycles. The molecule has 0 aliphatic heterocycles. The van der Waals surface area contributed by atoms with Crippen LogP contribution in [0.25, 0.3) is 0 Å². The van der Waals surface area contributed by atoms with E-state index in [1.54, 1.807) is 6.26 Å². The molecule has 0 radical (unpaired) electrons. The van der Waals surface area contributed by atoms with Crippen molar-refractivity contribution >= 4 is 15.9 Å². The van der Waals surface area contributed by atoms with Crippen LogP contribution in [-0.2, 0) is 6.54 Å². The monoisotopic (exact) mass is 349 g/mol. The molecule has 112 valence electrons. The summed E-state index contributed by atoms with van der Waals surface area (Å²) in [6.45, 7) is 1.73. The van der Waals surface area contributed by atoms with Gasteiger partial charge in [0.2, 0.25) is 0 Å². The number of rotatable bonds is 7. The summed E-state index contributed by atoms with van der Waals surface area (Å²) in [6.07, 6.45) is 4.58. The van der Waals surface area contributed by atoms with Gasteiger partial charge in [-0.2, -0.15) is 0 Å². The van der Waals surface area contributed by atoms with Gasteiger partial charge in [-0.1, -0.05) is 28.1 Å². The van der Waals surface area contributed by atoms with Crippen LogP contribution in [-0.4, -0.2) is 22.6 Å². The van der Waals surface area contributed by atoms with E-state index in [0.717, 1.165) is 35.3 Å². The molecule has 21 heavy (non-hydrogen) atoms. The highest BCUT2D eigenvalue weighted by Gasteiger charge is 2.29. The lowest BCUT2D eigenvalue weighted by molar-refractivity contribution is 0.133. The van der Waals surface area contributed by atoms with Crippen LogP contribution >= 0.6 is 15.9 Å². The van der Waals surface area contributed by atoms with Crippen LogP contribution in [0.3, 0.4) is 0 Å². The first kappa shape index (κ1) is 14.8. The summed E-state index contributed by atoms with van der Waals surface area (Å²) in [6, 6.07) is 12.5. The van der Waals surface area contributed by atoms with Gasteiger partial charge in [-0.3, -0.25) is 4.90 Å². The maximum Gasteiger partial charge on any atom is 0.117 e. The molecule has 0 amide bonds. The lowest BCUT2D eigenvalue weighted by Crippen LogP contribution is -2.27. The van der Waals surface area contributed by atoms with Crippen LogP contribution in [0.1, 0.15) is 36.7 Å². The number of nitrogens with zero attached hydrogens (tertiary/aromatic N) is 1. The van der Waals surface area contributed by atoms with Crippen LogP contribution in [0, 0.1) is 0 Å². The van der Waals surface area contributed by atoms with E-state index in [9.17, 15) is 5.11 Å². The number of benzene rings is 1. The number of hydrogen-bond acceptors (Lipinski definition) is 3. The van der Waals surface area contributed by atoms with Crippen LogP contribution in [0.5, 0.6) is 0 Å². The Hall–Kier alpha value is -1.10. The molecule has 1 aliphatic rings. The number of furan rings is 1. The minimum atomic E-state index is -0.407. The third-order valence-electron chi connectivity index (χ3n) is 3.95. The van der Waals surface area contributed by atoms with Crippen molar-refractivity contribution in [3.05, 3.63) is 58.5 Å². The Bertz CT molecular complexity index is 549. The van der Waals surface area contributed by atoms with Gasteiger partial charge >= 0.3 is 0 Å². The van der Waals surface area contributed by atoms with Crippen molar-refractivity contribution < 1.29 is 9.52 Å². The zero-order chi connectivity index (χ0) is 14.7. The Morgan fingerprint density at radius 3 is 2.62 bits per heavy atom. The molecule has 1 N–H and O–H groups in total. The molecule has 0 spiro atoms. The van der Waals surface area contributed by atoms with Crippen molar-refractivity contribution in [2.24, 2.45) is 0 Å². The maximum atomic E-state index is 10.3. The lowest BCUT2D eigenvalue weighted by Gasteiger charge is -2.22. The number of aliphatic hydroxyl groups is 1. The predicted molar refractivity (Wildman–Crippen MR) is 85.9 cm³/mol. The second kappa shape index (κ2) is 6.77. The Morgan fingerprint density at radius 2 is 2.00 bits per heavy atom. The van der Waals surface area contributed by atoms with Crippen LogP contribution in [0.4, 0.5) is 0 Å². The molecule has 4 heteroatoms. The van der Waals surface area contributed by atoms with Gasteiger partial charge < -0.3 is 9.52 Å². The van der Waals surface area contributed by atoms with Crippen LogP contribution < -0.4 is 0 Å². The SMILES string of the molecule is OC(CCN(Cc1ccco1)C1CC1)c1ccc(Br)cc1. The zero-order valence-electron chi connectivity index (χ0n) is 11.9. The molecule has 1 fully saturated rings. The molecule has 3 rings (SSSR count). The average Bonchev–Trinajstić information content (AvgIpc) is 3.21. The first-order valence-electron chi connectivity index (χ1n) is 7.42. The summed E-state index contributed by atoms with van der Waals surface area (Å²) >= 11 is 3.42. The number of hydrogen-bond donors (Lipinski definition) is 1. The molecular formula is C17H20BrNO2. The van der Waals surface area contributed by atoms with Crippen molar-refractivity contribution in [1.29, 1.82) is 0 Å². The third kappa shape index (κ3) is 4.19. The van der Waals surface area contributed by atoms with Gasteiger partial charge in [0.15, 0.2) is 0 Å². The van der Waals surface area contributed by atoms with E-state index in [1.165, 1.54) is 12.8 Å². The smallest absolute Gasteiger partial charge is 0.117 e. The van der Waals surface area contributed by atoms with Crippen molar-refractivity contribution in [3.63, 3.8) is 0 Å². The second-order valence-corrected chi connectivity index (χ2v) is 6.55. The quantitative estimate of drug-likeness (QED) is 0.816. The van der Waals surface area contributed by atoms with Gasteiger partial charge in [0, 0.05) is 17.1 Å². The van der Waals surface area contributed by atoms with Gasteiger partial charge in [-0.15, -0.1) is 0 Å². The van der Waals surface area contributed by atoms with E-state index in [0.29, 0.717) is 6.04 Å². The summed E-state index contributed by atoms with van der Waals surface area (Å²) in [5.41, 5.74) is 0.979. The molecule has 1 atom stereocenters. The van der Waals surface area contributed by atoms with Crippen LogP contribution in [0.15, 0.2) is 51.6 Å². The summed E-state index contributed by atoms with van der Waals surface area (Å²) < 4.78 is 6.48. The first-order valence-corrected chi connectivity index (χ1v) is 8.21. The van der Waals surface area contributed by atoms with E-state index in [2.05, 4.69) is 20.8 Å². The first-order chi connectivity index (χ1) is 10.2. The van der Waals surface area contributed by atoms with Crippen molar-refractivity contribution in [1.82, 2.24) is 4.90 Å². The average molecular weight is 350 g/mol. The zero-order valence-corrected chi connectivity index (χ0v) is 13.5. The fourth-order valence-electron chi connectivity index (χ4n) is 2.57. The highest BCUT2D eigenvalue weighted by Crippen LogP contribution is 2.30. The van der Waals surface area contributed by atoms with E-state index < -0.39 is 6.10 Å². The van der Waals surface area contributed by atoms with E-state index in [1.807, 2.05) is 36.4 Å². The summed E-state index contributed by atoms with van der Waals surface area (Å²) in [5, 5.41) is 10.3. The molecule has 0 saturated heterocycles. The fraction of sp³-hybridized carbons (Fsp3) is 0.412. The maximum absolute atomic E-state index is 10.3. The van der Waals surface area contributed by atoms with Crippen LogP contribution in [0.2, 0.25) is 0 Å². The predicted octanol–water partition coefficient (Wildman–Crippen LogP) is 4.13. The lowest BCUT2D eigenvalue weighted by atomic mass is 10.1. The molecule has 1 aliphatic carbocycles. The second-order valence-electron chi connectivity index (χ2n) is 5.64. The van der Waals surface area contributed by atoms with E-state index >= 15 is 0 Å². The molecule has 1 heterocycles. The fourth-order valence-corrected chi connectivity index (χ4v) is 2.84. The van der Waals surface area contributed by atoms with Crippen molar-refractivity contribution in [3.8, 4) is 0 Å². The number of aliphatic hydroxyl groups excluding tert-OH is 1. The summed E-state index contributed by atoms with van der Waals surface area (Å²) in [5.74, 6) is 1.00. The van der Waals surface area contributed by atoms with Gasteiger partial charge in [0.1, 0.15) is 5.76 Å². The van der Waals surface area contributed by atoms with Gasteiger partial charge in [-0.05, 0) is 49.1 Å². The van der Waals surface area contributed by atoms with Gasteiger partial charge in [-0.25, -0.2) is 0 Å². The van der Waals surface area contributed by atoms with E-state index in [-0.39, 0.29) is 0 Å². The topological polar surface area (TPSA) is 36.6 Å². The molecule has 0 bridgehead atoms. The Kier molecular flexibility index (Phi) is 4.78. The molecule has 1 aromatic carbocycles. The molecule has 3 nitrogen and oxygen atoms in total. The highest BCUT2D eigenvalue weighted by atomic mass is 79.9. The summed E-state index contributed by atoms with van der Waals surface area (Å²) in [4.78, 5) is 2.42. The summed E-state index contributed by atoms with van der Waals surface area (Å²) in [7, 11) is 0. The molecule has 1 unspecified atom stereocenters. The van der Waals surface area contributed by atoms with Crippen molar-refractivity contribution in [2.45, 2.75) is 38.0 Å².